The Balaban J connectivity index is 1.79. The Bertz CT molecular complexity index is 547. The molecule has 0 aliphatic carbocycles. The van der Waals surface area contributed by atoms with Crippen LogP contribution < -0.4 is 5.32 Å². The van der Waals surface area contributed by atoms with Gasteiger partial charge in [0.05, 0.1) is 12.6 Å². The molecule has 0 aromatic carbocycles. The van der Waals surface area contributed by atoms with Crippen LogP contribution in [-0.4, -0.2) is 52.4 Å². The summed E-state index contributed by atoms with van der Waals surface area (Å²) in [5.74, 6) is 1.64. The molecule has 1 aromatic rings. The van der Waals surface area contributed by atoms with Crippen LogP contribution in [0.1, 0.15) is 51.2 Å². The fraction of sp³-hybridized carbons (Fsp3) is 0.750. The Hall–Kier alpha value is -1.76. The number of hydrogen-bond acceptors (Lipinski definition) is 6. The summed E-state index contributed by atoms with van der Waals surface area (Å²) in [6.45, 7) is 9.15. The van der Waals surface area contributed by atoms with E-state index in [9.17, 15) is 9.59 Å². The number of aromatic nitrogens is 2. The minimum absolute atomic E-state index is 0.00109. The SMILES string of the molecule is CC(=O)C(NC(=O)CN1CCC(c2nc(C)no2)CC1)C(C)C. The molecule has 1 aromatic heterocycles. The van der Waals surface area contributed by atoms with Crippen molar-refractivity contribution < 1.29 is 14.1 Å². The highest BCUT2D eigenvalue weighted by atomic mass is 16.5. The van der Waals surface area contributed by atoms with Gasteiger partial charge in [0.25, 0.3) is 0 Å². The maximum Gasteiger partial charge on any atom is 0.234 e. The summed E-state index contributed by atoms with van der Waals surface area (Å²) in [6, 6.07) is -0.401. The molecule has 2 rings (SSSR count). The largest absolute Gasteiger partial charge is 0.345 e. The van der Waals surface area contributed by atoms with Gasteiger partial charge < -0.3 is 9.84 Å². The Kier molecular flexibility index (Phi) is 5.87. The number of carbonyl (C=O) groups excluding carboxylic acids is 2. The second kappa shape index (κ2) is 7.68. The van der Waals surface area contributed by atoms with Crippen molar-refractivity contribution in [1.82, 2.24) is 20.4 Å². The summed E-state index contributed by atoms with van der Waals surface area (Å²) in [5, 5.41) is 6.67. The van der Waals surface area contributed by atoms with E-state index in [4.69, 9.17) is 4.52 Å². The fourth-order valence-electron chi connectivity index (χ4n) is 2.98. The lowest BCUT2D eigenvalue weighted by Gasteiger charge is -2.30. The van der Waals surface area contributed by atoms with Gasteiger partial charge in [-0.3, -0.25) is 14.5 Å². The molecular weight excluding hydrogens is 296 g/mol. The van der Waals surface area contributed by atoms with E-state index in [0.29, 0.717) is 18.3 Å². The van der Waals surface area contributed by atoms with Crippen LogP contribution >= 0.6 is 0 Å². The molecule has 0 saturated carbocycles. The van der Waals surface area contributed by atoms with Crippen molar-refractivity contribution in [2.75, 3.05) is 19.6 Å². The van der Waals surface area contributed by atoms with Gasteiger partial charge >= 0.3 is 0 Å². The second-order valence-electron chi connectivity index (χ2n) is 6.63. The van der Waals surface area contributed by atoms with Gasteiger partial charge in [-0.25, -0.2) is 0 Å². The highest BCUT2D eigenvalue weighted by molar-refractivity contribution is 5.88. The lowest BCUT2D eigenvalue weighted by molar-refractivity contribution is -0.128. The molecule has 0 radical (unpaired) electrons. The zero-order chi connectivity index (χ0) is 17.0. The zero-order valence-electron chi connectivity index (χ0n) is 14.3. The van der Waals surface area contributed by atoms with Gasteiger partial charge in [-0.2, -0.15) is 4.98 Å². The number of nitrogens with one attached hydrogen (secondary N) is 1. The Morgan fingerprint density at radius 1 is 1.35 bits per heavy atom. The van der Waals surface area contributed by atoms with E-state index in [2.05, 4.69) is 20.4 Å². The molecule has 2 heterocycles. The molecule has 1 aliphatic rings. The van der Waals surface area contributed by atoms with Crippen LogP contribution in [0.15, 0.2) is 4.52 Å². The maximum absolute atomic E-state index is 12.1. The summed E-state index contributed by atoms with van der Waals surface area (Å²) in [5.41, 5.74) is 0. The van der Waals surface area contributed by atoms with Crippen LogP contribution in [0.25, 0.3) is 0 Å². The van der Waals surface area contributed by atoms with Gasteiger partial charge in [0.1, 0.15) is 0 Å². The van der Waals surface area contributed by atoms with Crippen molar-refractivity contribution in [2.24, 2.45) is 5.92 Å². The minimum atomic E-state index is -0.401. The third-order valence-electron chi connectivity index (χ3n) is 4.27. The van der Waals surface area contributed by atoms with Crippen molar-refractivity contribution in [2.45, 2.75) is 52.5 Å². The summed E-state index contributed by atoms with van der Waals surface area (Å²) < 4.78 is 5.23. The van der Waals surface area contributed by atoms with Crippen LogP contribution in [-0.2, 0) is 9.59 Å². The van der Waals surface area contributed by atoms with Crippen molar-refractivity contribution >= 4 is 11.7 Å². The molecule has 7 heteroatoms. The third-order valence-corrected chi connectivity index (χ3v) is 4.27. The molecular formula is C16H26N4O3. The zero-order valence-corrected chi connectivity index (χ0v) is 14.3. The van der Waals surface area contributed by atoms with Gasteiger partial charge in [0, 0.05) is 5.92 Å². The molecule has 1 aliphatic heterocycles. The molecule has 128 valence electrons. The molecule has 1 unspecified atom stereocenters. The first-order chi connectivity index (χ1) is 10.9. The number of rotatable bonds is 6. The number of likely N-dealkylation sites (tertiary alicyclic amines) is 1. The van der Waals surface area contributed by atoms with Crippen LogP contribution in [0.2, 0.25) is 0 Å². The topological polar surface area (TPSA) is 88.3 Å². The molecule has 0 bridgehead atoms. The molecule has 23 heavy (non-hydrogen) atoms. The van der Waals surface area contributed by atoms with Crippen LogP contribution in [0.3, 0.4) is 0 Å². The van der Waals surface area contributed by atoms with Gasteiger partial charge in [-0.15, -0.1) is 0 Å². The summed E-state index contributed by atoms with van der Waals surface area (Å²) in [4.78, 5) is 30.1. The average Bonchev–Trinajstić information content (AvgIpc) is 2.91. The van der Waals surface area contributed by atoms with Crippen LogP contribution in [0, 0.1) is 12.8 Å². The Morgan fingerprint density at radius 2 is 2.00 bits per heavy atom. The molecule has 0 spiro atoms. The second-order valence-corrected chi connectivity index (χ2v) is 6.63. The van der Waals surface area contributed by atoms with Gasteiger partial charge in [0.2, 0.25) is 11.8 Å². The number of Topliss-reactive ketones (excluding diaryl/α,β-unsaturated/α-hetero) is 1. The Labute approximate surface area is 136 Å². The fourth-order valence-corrected chi connectivity index (χ4v) is 2.98. The lowest BCUT2D eigenvalue weighted by Crippen LogP contribution is -2.48. The van der Waals surface area contributed by atoms with Gasteiger partial charge in [0.15, 0.2) is 11.6 Å². The maximum atomic E-state index is 12.1. The molecule has 1 amide bonds. The third kappa shape index (κ3) is 4.86. The van der Waals surface area contributed by atoms with Crippen molar-refractivity contribution in [3.63, 3.8) is 0 Å². The lowest BCUT2D eigenvalue weighted by atomic mass is 9.96. The summed E-state index contributed by atoms with van der Waals surface area (Å²) in [6.07, 6.45) is 1.80. The number of carbonyl (C=O) groups is 2. The van der Waals surface area contributed by atoms with Crippen molar-refractivity contribution in [3.8, 4) is 0 Å². The average molecular weight is 322 g/mol. The van der Waals surface area contributed by atoms with E-state index in [-0.39, 0.29) is 23.5 Å². The number of ketones is 1. The smallest absolute Gasteiger partial charge is 0.234 e. The summed E-state index contributed by atoms with van der Waals surface area (Å²) >= 11 is 0. The number of amides is 1. The highest BCUT2D eigenvalue weighted by Gasteiger charge is 2.27. The Morgan fingerprint density at radius 3 is 2.48 bits per heavy atom. The molecule has 7 nitrogen and oxygen atoms in total. The van der Waals surface area contributed by atoms with E-state index in [1.165, 1.54) is 6.92 Å². The van der Waals surface area contributed by atoms with E-state index < -0.39 is 6.04 Å². The van der Waals surface area contributed by atoms with E-state index in [1.54, 1.807) is 0 Å². The quantitative estimate of drug-likeness (QED) is 0.849. The van der Waals surface area contributed by atoms with E-state index in [0.717, 1.165) is 25.9 Å². The number of aryl methyl sites for hydroxylation is 1. The first kappa shape index (κ1) is 17.6. The molecule has 1 saturated heterocycles. The first-order valence-electron chi connectivity index (χ1n) is 8.19. The minimum Gasteiger partial charge on any atom is -0.345 e. The molecule has 1 atom stereocenters. The number of hydrogen-bond donors (Lipinski definition) is 1. The molecule has 1 N–H and O–H groups in total. The first-order valence-corrected chi connectivity index (χ1v) is 8.19. The summed E-state index contributed by atoms with van der Waals surface area (Å²) in [7, 11) is 0. The number of piperidine rings is 1. The molecule has 1 fully saturated rings. The van der Waals surface area contributed by atoms with E-state index >= 15 is 0 Å². The number of nitrogens with zero attached hydrogens (tertiary/aromatic N) is 3. The van der Waals surface area contributed by atoms with E-state index in [1.807, 2.05) is 20.8 Å². The van der Waals surface area contributed by atoms with Crippen molar-refractivity contribution in [1.29, 1.82) is 0 Å². The monoisotopic (exact) mass is 322 g/mol. The van der Waals surface area contributed by atoms with Gasteiger partial charge in [-0.05, 0) is 45.7 Å². The predicted molar refractivity (Wildman–Crippen MR) is 84.9 cm³/mol. The van der Waals surface area contributed by atoms with Gasteiger partial charge in [-0.1, -0.05) is 19.0 Å². The van der Waals surface area contributed by atoms with Crippen LogP contribution in [0.4, 0.5) is 0 Å². The van der Waals surface area contributed by atoms with Crippen molar-refractivity contribution in [3.05, 3.63) is 11.7 Å². The normalized spacial score (nSPS) is 18.1. The standard InChI is InChI=1S/C16H26N4O3/c1-10(2)15(11(3)21)18-14(22)9-20-7-5-13(6-8-20)16-17-12(4)19-23-16/h10,13,15H,5-9H2,1-4H3,(H,18,22). The predicted octanol–water partition coefficient (Wildman–Crippen LogP) is 1.29. The highest BCUT2D eigenvalue weighted by Crippen LogP contribution is 2.26. The van der Waals surface area contributed by atoms with Crippen LogP contribution in [0.5, 0.6) is 0 Å².